The molecule has 190 valence electrons. The molecular weight excluding hydrogens is 460 g/mol. The maximum absolute atomic E-state index is 12.9. The summed E-state index contributed by atoms with van der Waals surface area (Å²) in [6.45, 7) is 8.64. The number of carbonyl (C=O) groups is 1. The highest BCUT2D eigenvalue weighted by atomic mass is 32.2. The van der Waals surface area contributed by atoms with Gasteiger partial charge >= 0.3 is 0 Å². The molecule has 0 saturated carbocycles. The van der Waals surface area contributed by atoms with Crippen LogP contribution in [0.2, 0.25) is 0 Å². The van der Waals surface area contributed by atoms with Crippen LogP contribution in [0.25, 0.3) is 11.0 Å². The van der Waals surface area contributed by atoms with E-state index in [1.807, 2.05) is 11.6 Å². The van der Waals surface area contributed by atoms with E-state index in [-0.39, 0.29) is 22.8 Å². The van der Waals surface area contributed by atoms with Gasteiger partial charge < -0.3 is 9.88 Å². The maximum atomic E-state index is 12.9. The Hall–Kier alpha value is -2.71. The first kappa shape index (κ1) is 26.9. The van der Waals surface area contributed by atoms with Crippen LogP contribution in [0.5, 0.6) is 0 Å². The number of amides is 1. The summed E-state index contributed by atoms with van der Waals surface area (Å²) in [5, 5.41) is 3.20. The summed E-state index contributed by atoms with van der Waals surface area (Å²) in [6, 6.07) is 13.4. The second-order valence-electron chi connectivity index (χ2n) is 10.2. The second kappa shape index (κ2) is 10.9. The summed E-state index contributed by atoms with van der Waals surface area (Å²) in [5.41, 5.74) is 3.85. The molecule has 3 rings (SSSR count). The molecule has 0 spiro atoms. The van der Waals surface area contributed by atoms with Gasteiger partial charge in [0.2, 0.25) is 15.9 Å². The van der Waals surface area contributed by atoms with Crippen molar-refractivity contribution in [2.45, 2.75) is 57.9 Å². The summed E-state index contributed by atoms with van der Waals surface area (Å²) in [7, 11) is 1.37. The molecule has 1 unspecified atom stereocenters. The Morgan fingerprint density at radius 1 is 1.06 bits per heavy atom. The number of nitrogens with one attached hydrogen (secondary N) is 1. The molecule has 2 aromatic carbocycles. The molecule has 35 heavy (non-hydrogen) atoms. The standard InChI is InChI=1S/C27H38N4O3S/c1-18(2)16-20-8-10-21(11-9-20)27(19(3)4)29-26(32)15-14-25-28-23-17-22(35(33,34)30(5)6)12-13-24(23)31(25)7/h8-13,17-19,27H,14-16H2,1-7H3,(H,29,32). The number of nitrogens with zero attached hydrogens (tertiary/aromatic N) is 3. The Balaban J connectivity index is 1.70. The van der Waals surface area contributed by atoms with Gasteiger partial charge in [-0.3, -0.25) is 4.79 Å². The topological polar surface area (TPSA) is 84.3 Å². The highest BCUT2D eigenvalue weighted by Gasteiger charge is 2.21. The molecule has 0 bridgehead atoms. The first-order chi connectivity index (χ1) is 16.4. The van der Waals surface area contributed by atoms with Gasteiger partial charge in [-0.1, -0.05) is 52.0 Å². The highest BCUT2D eigenvalue weighted by Crippen LogP contribution is 2.24. The minimum absolute atomic E-state index is 0.0297. The van der Waals surface area contributed by atoms with Crippen LogP contribution in [-0.2, 0) is 34.7 Å². The van der Waals surface area contributed by atoms with Crippen LogP contribution >= 0.6 is 0 Å². The summed E-state index contributed by atoms with van der Waals surface area (Å²) < 4.78 is 28.0. The minimum atomic E-state index is -3.53. The first-order valence-electron chi connectivity index (χ1n) is 12.2. The third kappa shape index (κ3) is 6.30. The molecule has 1 N–H and O–H groups in total. The molecule has 0 saturated heterocycles. The van der Waals surface area contributed by atoms with E-state index in [1.54, 1.807) is 18.2 Å². The van der Waals surface area contributed by atoms with Crippen molar-refractivity contribution >= 4 is 27.0 Å². The van der Waals surface area contributed by atoms with Crippen LogP contribution in [0, 0.1) is 11.8 Å². The third-order valence-electron chi connectivity index (χ3n) is 6.27. The zero-order valence-electron chi connectivity index (χ0n) is 21.9. The zero-order chi connectivity index (χ0) is 25.9. The molecule has 0 aliphatic rings. The van der Waals surface area contributed by atoms with Crippen molar-refractivity contribution in [3.05, 3.63) is 59.4 Å². The number of aromatic nitrogens is 2. The average molecular weight is 499 g/mol. The van der Waals surface area contributed by atoms with Gasteiger partial charge in [0.1, 0.15) is 5.82 Å². The first-order valence-corrected chi connectivity index (χ1v) is 13.6. The lowest BCUT2D eigenvalue weighted by molar-refractivity contribution is -0.122. The van der Waals surface area contributed by atoms with E-state index < -0.39 is 10.0 Å². The van der Waals surface area contributed by atoms with Gasteiger partial charge in [-0.05, 0) is 47.6 Å². The molecule has 8 heteroatoms. The van der Waals surface area contributed by atoms with Gasteiger partial charge in [-0.2, -0.15) is 0 Å². The SMILES string of the molecule is CC(C)Cc1ccc(C(NC(=O)CCc2nc3cc(S(=O)(=O)N(C)C)ccc3n2C)C(C)C)cc1. The molecule has 0 radical (unpaired) electrons. The number of hydrogen-bond acceptors (Lipinski definition) is 4. The molecule has 0 aliphatic heterocycles. The number of fused-ring (bicyclic) bond motifs is 1. The number of rotatable bonds is 10. The lowest BCUT2D eigenvalue weighted by Gasteiger charge is -2.23. The summed E-state index contributed by atoms with van der Waals surface area (Å²) in [4.78, 5) is 17.7. The van der Waals surface area contributed by atoms with Gasteiger partial charge in [-0.15, -0.1) is 0 Å². The number of aryl methyl sites for hydroxylation is 2. The molecule has 1 atom stereocenters. The van der Waals surface area contributed by atoms with E-state index in [1.165, 1.54) is 24.0 Å². The minimum Gasteiger partial charge on any atom is -0.349 e. The van der Waals surface area contributed by atoms with E-state index in [4.69, 9.17) is 0 Å². The van der Waals surface area contributed by atoms with Crippen LogP contribution in [0.4, 0.5) is 0 Å². The maximum Gasteiger partial charge on any atom is 0.242 e. The number of benzene rings is 2. The molecule has 1 amide bonds. The normalized spacial score (nSPS) is 13.2. The van der Waals surface area contributed by atoms with Crippen molar-refractivity contribution in [2.24, 2.45) is 18.9 Å². The van der Waals surface area contributed by atoms with Gasteiger partial charge in [0.15, 0.2) is 0 Å². The summed E-state index contributed by atoms with van der Waals surface area (Å²) in [6.07, 6.45) is 1.80. The molecule has 1 aromatic heterocycles. The number of imidazole rings is 1. The monoisotopic (exact) mass is 498 g/mol. The van der Waals surface area contributed by atoms with E-state index in [2.05, 4.69) is 62.3 Å². The number of sulfonamides is 1. The largest absolute Gasteiger partial charge is 0.349 e. The fraction of sp³-hybridized carbons (Fsp3) is 0.481. The second-order valence-corrected chi connectivity index (χ2v) is 12.3. The fourth-order valence-corrected chi connectivity index (χ4v) is 5.18. The quantitative estimate of drug-likeness (QED) is 0.447. The van der Waals surface area contributed by atoms with Crippen LogP contribution in [0.1, 0.15) is 57.1 Å². The lowest BCUT2D eigenvalue weighted by Crippen LogP contribution is -2.32. The van der Waals surface area contributed by atoms with E-state index in [9.17, 15) is 13.2 Å². The molecule has 7 nitrogen and oxygen atoms in total. The van der Waals surface area contributed by atoms with Crippen LogP contribution in [-0.4, -0.2) is 42.3 Å². The molecule has 3 aromatic rings. The van der Waals surface area contributed by atoms with Crippen molar-refractivity contribution in [1.82, 2.24) is 19.2 Å². The Bertz CT molecular complexity index is 1280. The van der Waals surface area contributed by atoms with E-state index in [0.29, 0.717) is 24.3 Å². The molecule has 1 heterocycles. The summed E-state index contributed by atoms with van der Waals surface area (Å²) >= 11 is 0. The smallest absolute Gasteiger partial charge is 0.242 e. The van der Waals surface area contributed by atoms with Crippen molar-refractivity contribution in [2.75, 3.05) is 14.1 Å². The van der Waals surface area contributed by atoms with Crippen LogP contribution < -0.4 is 5.32 Å². The predicted octanol–water partition coefficient (Wildman–Crippen LogP) is 4.47. The Kier molecular flexibility index (Phi) is 8.38. The van der Waals surface area contributed by atoms with Crippen LogP contribution in [0.3, 0.4) is 0 Å². The Labute approximate surface area is 209 Å². The van der Waals surface area contributed by atoms with Gasteiger partial charge in [0.25, 0.3) is 0 Å². The van der Waals surface area contributed by atoms with Gasteiger partial charge in [0.05, 0.1) is 22.0 Å². The molecular formula is C27H38N4O3S. The Morgan fingerprint density at radius 2 is 1.71 bits per heavy atom. The van der Waals surface area contributed by atoms with E-state index in [0.717, 1.165) is 23.3 Å². The fourth-order valence-electron chi connectivity index (χ4n) is 4.26. The van der Waals surface area contributed by atoms with Crippen molar-refractivity contribution in [3.63, 3.8) is 0 Å². The summed E-state index contributed by atoms with van der Waals surface area (Å²) in [5.74, 6) is 1.57. The van der Waals surface area contributed by atoms with E-state index >= 15 is 0 Å². The van der Waals surface area contributed by atoms with Crippen molar-refractivity contribution in [1.29, 1.82) is 0 Å². The van der Waals surface area contributed by atoms with Crippen molar-refractivity contribution < 1.29 is 13.2 Å². The number of carbonyl (C=O) groups excluding carboxylic acids is 1. The molecule has 0 fully saturated rings. The zero-order valence-corrected chi connectivity index (χ0v) is 22.7. The van der Waals surface area contributed by atoms with Crippen molar-refractivity contribution in [3.8, 4) is 0 Å². The Morgan fingerprint density at radius 3 is 2.29 bits per heavy atom. The predicted molar refractivity (Wildman–Crippen MR) is 141 cm³/mol. The molecule has 0 aliphatic carbocycles. The average Bonchev–Trinajstić information content (AvgIpc) is 3.11. The van der Waals surface area contributed by atoms with Gasteiger partial charge in [0, 0.05) is 34.0 Å². The van der Waals surface area contributed by atoms with Crippen LogP contribution in [0.15, 0.2) is 47.4 Å². The third-order valence-corrected chi connectivity index (χ3v) is 8.08. The number of hydrogen-bond donors (Lipinski definition) is 1. The van der Waals surface area contributed by atoms with Gasteiger partial charge in [-0.25, -0.2) is 17.7 Å². The lowest BCUT2D eigenvalue weighted by atomic mass is 9.93. The highest BCUT2D eigenvalue weighted by molar-refractivity contribution is 7.89.